The van der Waals surface area contributed by atoms with E-state index < -0.39 is 15.1 Å². The van der Waals surface area contributed by atoms with E-state index in [1.165, 1.54) is 24.2 Å². The van der Waals surface area contributed by atoms with Gasteiger partial charge in [-0.3, -0.25) is 0 Å². The fourth-order valence-corrected chi connectivity index (χ4v) is 2.88. The van der Waals surface area contributed by atoms with Crippen molar-refractivity contribution >= 4 is 33.2 Å². The van der Waals surface area contributed by atoms with Crippen LogP contribution in [-0.4, -0.2) is 35.8 Å². The predicted molar refractivity (Wildman–Crippen MR) is 61.2 cm³/mol. The topological polar surface area (TPSA) is 59.9 Å². The molecule has 0 saturated heterocycles. The third-order valence-electron chi connectivity index (χ3n) is 1.86. The first-order valence-corrected chi connectivity index (χ1v) is 7.48. The first kappa shape index (κ1) is 12.7. The van der Waals surface area contributed by atoms with Crippen LogP contribution in [0.5, 0.6) is 0 Å². The number of rotatable bonds is 4. The molecule has 84 valence electrons. The van der Waals surface area contributed by atoms with E-state index in [0.29, 0.717) is 5.03 Å². The highest BCUT2D eigenvalue weighted by atomic mass is 35.5. The lowest BCUT2D eigenvalue weighted by atomic mass is 10.6. The maximum Gasteiger partial charge on any atom is 0.199 e. The summed E-state index contributed by atoms with van der Waals surface area (Å²) < 4.78 is 23.7. The summed E-state index contributed by atoms with van der Waals surface area (Å²) in [5, 5.41) is 0.0316. The Bertz CT molecular complexity index is 436. The van der Waals surface area contributed by atoms with Gasteiger partial charge in [-0.15, -0.1) is 23.4 Å². The highest BCUT2D eigenvalue weighted by Gasteiger charge is 2.24. The molecule has 0 aliphatic rings. The Morgan fingerprint density at radius 3 is 2.73 bits per heavy atom. The van der Waals surface area contributed by atoms with Crippen molar-refractivity contribution in [1.29, 1.82) is 0 Å². The zero-order chi connectivity index (χ0) is 11.5. The number of thioether (sulfide) groups is 1. The van der Waals surface area contributed by atoms with Crippen molar-refractivity contribution in [2.45, 2.75) is 22.2 Å². The Morgan fingerprint density at radius 1 is 1.53 bits per heavy atom. The Kier molecular flexibility index (Phi) is 4.36. The van der Waals surface area contributed by atoms with Gasteiger partial charge in [0.2, 0.25) is 0 Å². The van der Waals surface area contributed by atoms with Crippen LogP contribution in [0.25, 0.3) is 0 Å². The summed E-state index contributed by atoms with van der Waals surface area (Å²) >= 11 is 6.90. The van der Waals surface area contributed by atoms with Gasteiger partial charge in [0, 0.05) is 11.9 Å². The van der Waals surface area contributed by atoms with Crippen molar-refractivity contribution < 1.29 is 8.42 Å². The maximum absolute atomic E-state index is 11.8. The molecule has 0 radical (unpaired) electrons. The third-order valence-corrected chi connectivity index (χ3v) is 5.18. The predicted octanol–water partition coefficient (Wildman–Crippen LogP) is 1.60. The summed E-state index contributed by atoms with van der Waals surface area (Å²) in [6.45, 7) is 1.56. The first-order valence-electron chi connectivity index (χ1n) is 4.18. The summed E-state index contributed by atoms with van der Waals surface area (Å²) in [6.07, 6.45) is 3.07. The van der Waals surface area contributed by atoms with E-state index in [2.05, 4.69) is 9.97 Å². The van der Waals surface area contributed by atoms with Crippen LogP contribution in [0.1, 0.15) is 6.92 Å². The standard InChI is InChI=1S/C8H11ClN2O2S2/c1-6(4-9)15(12,13)8-3-7(14-2)10-5-11-8/h3,5-6H,4H2,1-2H3. The molecule has 0 fully saturated rings. The summed E-state index contributed by atoms with van der Waals surface area (Å²) in [5.74, 6) is 0.0565. The smallest absolute Gasteiger partial charge is 0.199 e. The SMILES string of the molecule is CSc1cc(S(=O)(=O)C(C)CCl)ncn1. The van der Waals surface area contributed by atoms with Crippen LogP contribution >= 0.6 is 23.4 Å². The van der Waals surface area contributed by atoms with Crippen molar-refractivity contribution in [2.24, 2.45) is 0 Å². The van der Waals surface area contributed by atoms with Gasteiger partial charge >= 0.3 is 0 Å². The molecular formula is C8H11ClN2O2S2. The fraction of sp³-hybridized carbons (Fsp3) is 0.500. The largest absolute Gasteiger partial charge is 0.230 e. The number of sulfone groups is 1. The summed E-state index contributed by atoms with van der Waals surface area (Å²) in [6, 6.07) is 1.46. The Hall–Kier alpha value is -0.330. The van der Waals surface area contributed by atoms with Crippen molar-refractivity contribution in [3.05, 3.63) is 12.4 Å². The summed E-state index contributed by atoms with van der Waals surface area (Å²) in [4.78, 5) is 7.67. The molecule has 0 aliphatic carbocycles. The Labute approximate surface area is 98.4 Å². The first-order chi connectivity index (χ1) is 7.02. The van der Waals surface area contributed by atoms with Crippen molar-refractivity contribution in [3.8, 4) is 0 Å². The van der Waals surface area contributed by atoms with Gasteiger partial charge in [-0.2, -0.15) is 0 Å². The molecule has 1 atom stereocenters. The van der Waals surface area contributed by atoms with Crippen molar-refractivity contribution in [3.63, 3.8) is 0 Å². The molecule has 1 aromatic heterocycles. The Balaban J connectivity index is 3.16. The molecule has 15 heavy (non-hydrogen) atoms. The van der Waals surface area contributed by atoms with Crippen LogP contribution in [-0.2, 0) is 9.84 Å². The minimum atomic E-state index is -3.42. The van der Waals surface area contributed by atoms with Crippen LogP contribution < -0.4 is 0 Å². The van der Waals surface area contributed by atoms with Crippen LogP contribution in [0, 0.1) is 0 Å². The zero-order valence-electron chi connectivity index (χ0n) is 8.34. The number of nitrogens with zero attached hydrogens (tertiary/aromatic N) is 2. The van der Waals surface area contributed by atoms with Crippen LogP contribution in [0.15, 0.2) is 22.4 Å². The number of aromatic nitrogens is 2. The van der Waals surface area contributed by atoms with Gasteiger partial charge < -0.3 is 0 Å². The average molecular weight is 267 g/mol. The molecule has 0 N–H and O–H groups in total. The molecule has 0 bridgehead atoms. The van der Waals surface area contributed by atoms with E-state index in [-0.39, 0.29) is 10.9 Å². The molecular weight excluding hydrogens is 256 g/mol. The molecule has 7 heteroatoms. The second-order valence-electron chi connectivity index (χ2n) is 2.91. The van der Waals surface area contributed by atoms with Gasteiger partial charge in [0.05, 0.1) is 5.25 Å². The molecule has 0 amide bonds. The molecule has 0 aromatic carbocycles. The van der Waals surface area contributed by atoms with Gasteiger partial charge in [-0.25, -0.2) is 18.4 Å². The van der Waals surface area contributed by atoms with E-state index in [1.807, 2.05) is 6.26 Å². The van der Waals surface area contributed by atoms with E-state index in [9.17, 15) is 8.42 Å². The second-order valence-corrected chi connectivity index (χ2v) is 6.36. The van der Waals surface area contributed by atoms with Crippen LogP contribution in [0.2, 0.25) is 0 Å². The zero-order valence-corrected chi connectivity index (χ0v) is 10.7. The normalized spacial score (nSPS) is 13.8. The molecule has 0 aliphatic heterocycles. The molecule has 1 aromatic rings. The summed E-state index contributed by atoms with van der Waals surface area (Å²) in [7, 11) is -3.42. The van der Waals surface area contributed by atoms with Gasteiger partial charge in [-0.1, -0.05) is 0 Å². The molecule has 4 nitrogen and oxygen atoms in total. The fourth-order valence-electron chi connectivity index (χ4n) is 0.879. The van der Waals surface area contributed by atoms with Gasteiger partial charge in [0.1, 0.15) is 11.4 Å². The minimum Gasteiger partial charge on any atom is -0.230 e. The van der Waals surface area contributed by atoms with E-state index in [1.54, 1.807) is 6.92 Å². The molecule has 0 spiro atoms. The van der Waals surface area contributed by atoms with E-state index >= 15 is 0 Å². The third kappa shape index (κ3) is 2.83. The van der Waals surface area contributed by atoms with Crippen molar-refractivity contribution in [2.75, 3.05) is 12.1 Å². The number of hydrogen-bond acceptors (Lipinski definition) is 5. The molecule has 1 rings (SSSR count). The molecule has 0 saturated carbocycles. The molecule has 1 unspecified atom stereocenters. The van der Waals surface area contributed by atoms with Crippen LogP contribution in [0.3, 0.4) is 0 Å². The second kappa shape index (κ2) is 5.14. The van der Waals surface area contributed by atoms with Gasteiger partial charge in [0.15, 0.2) is 14.9 Å². The van der Waals surface area contributed by atoms with E-state index in [0.717, 1.165) is 0 Å². The highest BCUT2D eigenvalue weighted by Crippen LogP contribution is 2.18. The number of hydrogen-bond donors (Lipinski definition) is 0. The number of halogens is 1. The van der Waals surface area contributed by atoms with E-state index in [4.69, 9.17) is 11.6 Å². The quantitative estimate of drug-likeness (QED) is 0.471. The lowest BCUT2D eigenvalue weighted by Gasteiger charge is -2.08. The van der Waals surface area contributed by atoms with Gasteiger partial charge in [0.25, 0.3) is 0 Å². The monoisotopic (exact) mass is 266 g/mol. The molecule has 1 heterocycles. The van der Waals surface area contributed by atoms with Crippen molar-refractivity contribution in [1.82, 2.24) is 9.97 Å². The lowest BCUT2D eigenvalue weighted by Crippen LogP contribution is -2.20. The minimum absolute atomic E-state index is 0.0370. The lowest BCUT2D eigenvalue weighted by molar-refractivity contribution is 0.583. The maximum atomic E-state index is 11.8. The average Bonchev–Trinajstić information content (AvgIpc) is 2.27. The number of alkyl halides is 1. The van der Waals surface area contributed by atoms with Crippen LogP contribution in [0.4, 0.5) is 0 Å². The highest BCUT2D eigenvalue weighted by molar-refractivity contribution is 7.98. The van der Waals surface area contributed by atoms with Gasteiger partial charge in [-0.05, 0) is 13.2 Å². The Morgan fingerprint density at radius 2 is 2.20 bits per heavy atom. The summed E-state index contributed by atoms with van der Waals surface area (Å²) in [5.41, 5.74) is 0.